The molecule has 15 heavy (non-hydrogen) atoms. The average molecular weight is 224 g/mol. The molecule has 4 N–H and O–H groups in total. The van der Waals surface area contributed by atoms with E-state index in [0.717, 1.165) is 0 Å². The van der Waals surface area contributed by atoms with E-state index in [1.165, 1.54) is 0 Å². The van der Waals surface area contributed by atoms with Crippen LogP contribution in [0.2, 0.25) is 0 Å². The third kappa shape index (κ3) is 12.8. The van der Waals surface area contributed by atoms with Crippen LogP contribution in [-0.2, 0) is 14.3 Å². The number of hydrogen-bond acceptors (Lipinski definition) is 5. The summed E-state index contributed by atoms with van der Waals surface area (Å²) < 4.78 is 4.63. The smallest absolute Gasteiger partial charge is 0.333 e. The van der Waals surface area contributed by atoms with Crippen LogP contribution in [-0.4, -0.2) is 58.3 Å². The summed E-state index contributed by atoms with van der Waals surface area (Å²) >= 11 is 0. The highest BCUT2D eigenvalue weighted by Crippen LogP contribution is 1.98. The molecule has 1 atom stereocenters. The number of aliphatic hydroxyl groups is 2. The van der Waals surface area contributed by atoms with Gasteiger partial charge in [0.2, 0.25) is 0 Å². The second-order valence-corrected chi connectivity index (χ2v) is 2.33. The molecule has 0 radical (unpaired) electrons. The molecule has 90 valence electrons. The Labute approximate surface area is 86.9 Å². The largest absolute Gasteiger partial charge is 0.481 e. The fourth-order valence-corrected chi connectivity index (χ4v) is 0.577. The first-order valence-electron chi connectivity index (χ1n) is 4.27. The van der Waals surface area contributed by atoms with Crippen LogP contribution in [0.4, 0.5) is 0 Å². The summed E-state index contributed by atoms with van der Waals surface area (Å²) in [6.45, 7) is 1.56. The maximum atomic E-state index is 10.2. The second-order valence-electron chi connectivity index (χ2n) is 2.33. The minimum Gasteiger partial charge on any atom is -0.481 e. The monoisotopic (exact) mass is 224 g/mol. The minimum atomic E-state index is -1.24. The number of carbonyl (C=O) groups is 2. The predicted molar refractivity (Wildman–Crippen MR) is 49.5 cm³/mol. The SMILES string of the molecule is CCOC(CC(=O)O)C(=O)O.OCCO. The van der Waals surface area contributed by atoms with Crippen molar-refractivity contribution < 1.29 is 34.8 Å². The molecule has 0 bridgehead atoms. The van der Waals surface area contributed by atoms with E-state index in [9.17, 15) is 9.59 Å². The maximum absolute atomic E-state index is 10.2. The standard InChI is InChI=1S/C6H10O5.C2H6O2/c1-2-11-4(6(9)10)3-5(7)8;3-1-2-4/h4H,2-3H2,1H3,(H,7,8)(H,9,10);3-4H,1-2H2. The van der Waals surface area contributed by atoms with Crippen LogP contribution in [0.3, 0.4) is 0 Å². The predicted octanol–water partition coefficient (Wildman–Crippen LogP) is -1.08. The number of carboxylic acid groups (broad SMARTS) is 2. The molecule has 0 spiro atoms. The van der Waals surface area contributed by atoms with Gasteiger partial charge in [0, 0.05) is 6.61 Å². The van der Waals surface area contributed by atoms with E-state index < -0.39 is 24.5 Å². The van der Waals surface area contributed by atoms with Gasteiger partial charge in [-0.3, -0.25) is 4.79 Å². The van der Waals surface area contributed by atoms with Gasteiger partial charge in [0.15, 0.2) is 6.10 Å². The molecule has 0 heterocycles. The Kier molecular flexibility index (Phi) is 11.8. The lowest BCUT2D eigenvalue weighted by atomic mass is 10.2. The first-order valence-corrected chi connectivity index (χ1v) is 4.27. The van der Waals surface area contributed by atoms with Crippen molar-refractivity contribution in [3.8, 4) is 0 Å². The van der Waals surface area contributed by atoms with Gasteiger partial charge in [0.25, 0.3) is 0 Å². The van der Waals surface area contributed by atoms with E-state index in [0.29, 0.717) is 0 Å². The van der Waals surface area contributed by atoms with Crippen LogP contribution in [0.1, 0.15) is 13.3 Å². The number of hydrogen-bond donors (Lipinski definition) is 4. The number of ether oxygens (including phenoxy) is 1. The molecule has 0 aliphatic rings. The normalized spacial score (nSPS) is 11.1. The molecule has 0 fully saturated rings. The van der Waals surface area contributed by atoms with Gasteiger partial charge in [0.1, 0.15) is 0 Å². The van der Waals surface area contributed by atoms with Gasteiger partial charge >= 0.3 is 11.9 Å². The maximum Gasteiger partial charge on any atom is 0.333 e. The summed E-state index contributed by atoms with van der Waals surface area (Å²) in [6, 6.07) is 0. The summed E-state index contributed by atoms with van der Waals surface area (Å²) in [5.41, 5.74) is 0. The molecule has 0 amide bonds. The van der Waals surface area contributed by atoms with E-state index in [1.807, 2.05) is 0 Å². The second kappa shape index (κ2) is 10.9. The molecule has 0 aromatic carbocycles. The quantitative estimate of drug-likeness (QED) is 0.452. The van der Waals surface area contributed by atoms with Crippen LogP contribution in [0, 0.1) is 0 Å². The van der Waals surface area contributed by atoms with Crippen molar-refractivity contribution in [2.45, 2.75) is 19.4 Å². The molecule has 7 heteroatoms. The van der Waals surface area contributed by atoms with Crippen molar-refractivity contribution in [1.29, 1.82) is 0 Å². The molecule has 0 aliphatic heterocycles. The topological polar surface area (TPSA) is 124 Å². The van der Waals surface area contributed by atoms with E-state index in [-0.39, 0.29) is 19.8 Å². The van der Waals surface area contributed by atoms with E-state index in [2.05, 4.69) is 4.74 Å². The van der Waals surface area contributed by atoms with Crippen LogP contribution < -0.4 is 0 Å². The molecule has 7 nitrogen and oxygen atoms in total. The lowest BCUT2D eigenvalue weighted by Crippen LogP contribution is -2.26. The van der Waals surface area contributed by atoms with Crippen LogP contribution in [0.25, 0.3) is 0 Å². The Morgan fingerprint density at radius 2 is 1.67 bits per heavy atom. The molecule has 0 rings (SSSR count). The zero-order valence-electron chi connectivity index (χ0n) is 8.42. The van der Waals surface area contributed by atoms with Crippen molar-refractivity contribution in [3.05, 3.63) is 0 Å². The van der Waals surface area contributed by atoms with Gasteiger partial charge in [-0.1, -0.05) is 0 Å². The Morgan fingerprint density at radius 3 is 1.87 bits per heavy atom. The van der Waals surface area contributed by atoms with Crippen molar-refractivity contribution in [3.63, 3.8) is 0 Å². The van der Waals surface area contributed by atoms with Gasteiger partial charge in [-0.25, -0.2) is 4.79 Å². The van der Waals surface area contributed by atoms with Crippen LogP contribution >= 0.6 is 0 Å². The van der Waals surface area contributed by atoms with Crippen molar-refractivity contribution >= 4 is 11.9 Å². The highest BCUT2D eigenvalue weighted by atomic mass is 16.5. The molecule has 0 aliphatic carbocycles. The zero-order valence-corrected chi connectivity index (χ0v) is 8.42. The van der Waals surface area contributed by atoms with Gasteiger partial charge in [-0.15, -0.1) is 0 Å². The summed E-state index contributed by atoms with van der Waals surface area (Å²) in [5, 5.41) is 31.8. The Balaban J connectivity index is 0. The van der Waals surface area contributed by atoms with Crippen molar-refractivity contribution in [1.82, 2.24) is 0 Å². The van der Waals surface area contributed by atoms with Gasteiger partial charge < -0.3 is 25.2 Å². The highest BCUT2D eigenvalue weighted by Gasteiger charge is 2.20. The lowest BCUT2D eigenvalue weighted by Gasteiger charge is -2.08. The lowest BCUT2D eigenvalue weighted by molar-refractivity contribution is -0.156. The van der Waals surface area contributed by atoms with Crippen LogP contribution in [0.15, 0.2) is 0 Å². The zero-order chi connectivity index (χ0) is 12.3. The molecule has 1 unspecified atom stereocenters. The number of aliphatic hydroxyl groups excluding tert-OH is 2. The number of rotatable bonds is 6. The Bertz CT molecular complexity index is 178. The van der Waals surface area contributed by atoms with Crippen molar-refractivity contribution in [2.24, 2.45) is 0 Å². The molecule has 0 aromatic heterocycles. The third-order valence-electron chi connectivity index (χ3n) is 1.10. The highest BCUT2D eigenvalue weighted by molar-refractivity contribution is 5.79. The molecular formula is C8H16O7. The number of aliphatic carboxylic acids is 2. The average Bonchev–Trinajstić information content (AvgIpc) is 2.17. The van der Waals surface area contributed by atoms with Crippen molar-refractivity contribution in [2.75, 3.05) is 19.8 Å². The third-order valence-corrected chi connectivity index (χ3v) is 1.10. The van der Waals surface area contributed by atoms with Crippen LogP contribution in [0.5, 0.6) is 0 Å². The summed E-state index contributed by atoms with van der Waals surface area (Å²) in [7, 11) is 0. The van der Waals surface area contributed by atoms with Gasteiger partial charge in [0.05, 0.1) is 19.6 Å². The van der Waals surface area contributed by atoms with Gasteiger partial charge in [-0.05, 0) is 6.92 Å². The Hall–Kier alpha value is -1.18. The minimum absolute atomic E-state index is 0.125. The first kappa shape index (κ1) is 16.3. The number of carboxylic acids is 2. The summed E-state index contributed by atoms with van der Waals surface area (Å²) in [5.74, 6) is -2.42. The molecule has 0 aromatic rings. The summed E-state index contributed by atoms with van der Waals surface area (Å²) in [4.78, 5) is 20.3. The van der Waals surface area contributed by atoms with E-state index >= 15 is 0 Å². The molecule has 0 saturated carbocycles. The fourth-order valence-electron chi connectivity index (χ4n) is 0.577. The van der Waals surface area contributed by atoms with E-state index in [1.54, 1.807) is 6.92 Å². The molecular weight excluding hydrogens is 208 g/mol. The Morgan fingerprint density at radius 1 is 1.20 bits per heavy atom. The fraction of sp³-hybridized carbons (Fsp3) is 0.750. The van der Waals surface area contributed by atoms with E-state index in [4.69, 9.17) is 20.4 Å². The van der Waals surface area contributed by atoms with Gasteiger partial charge in [-0.2, -0.15) is 0 Å². The summed E-state index contributed by atoms with van der Waals surface area (Å²) in [6.07, 6.45) is -1.72. The first-order chi connectivity index (χ1) is 6.99. The molecule has 0 saturated heterocycles.